The van der Waals surface area contributed by atoms with E-state index in [4.69, 9.17) is 4.74 Å². The molecule has 0 aliphatic carbocycles. The van der Waals surface area contributed by atoms with Crippen molar-refractivity contribution in [1.29, 1.82) is 0 Å². The van der Waals surface area contributed by atoms with Crippen LogP contribution in [0.3, 0.4) is 0 Å². The summed E-state index contributed by atoms with van der Waals surface area (Å²) >= 11 is 0. The van der Waals surface area contributed by atoms with Gasteiger partial charge in [-0.25, -0.2) is 0 Å². The molecule has 2 atom stereocenters. The first-order valence-electron chi connectivity index (χ1n) is 10.2. The smallest absolute Gasteiger partial charge is 0.416 e. The van der Waals surface area contributed by atoms with Crippen LogP contribution in [0.4, 0.5) is 18.9 Å². The summed E-state index contributed by atoms with van der Waals surface area (Å²) in [6.07, 6.45) is -4.58. The zero-order valence-corrected chi connectivity index (χ0v) is 17.8. The molecule has 2 aromatic rings. The van der Waals surface area contributed by atoms with Gasteiger partial charge in [0, 0.05) is 12.5 Å². The van der Waals surface area contributed by atoms with E-state index in [1.807, 2.05) is 6.92 Å². The highest BCUT2D eigenvalue weighted by molar-refractivity contribution is 6.01. The third kappa shape index (κ3) is 5.40. The van der Waals surface area contributed by atoms with Crippen LogP contribution >= 0.6 is 0 Å². The number of hydrogen-bond donors (Lipinski definition) is 2. The number of benzene rings is 2. The number of anilines is 1. The number of aliphatic hydroxyl groups excluding tert-OH is 1. The Labute approximate surface area is 184 Å². The highest BCUT2D eigenvalue weighted by Gasteiger charge is 2.31. The average molecular weight is 450 g/mol. The number of hydrogen-bond acceptors (Lipinski definition) is 4. The number of ether oxygens (including phenoxy) is 1. The molecule has 3 rings (SSSR count). The minimum atomic E-state index is -4.44. The number of rotatable bonds is 5. The Morgan fingerprint density at radius 1 is 1.25 bits per heavy atom. The zero-order chi connectivity index (χ0) is 23.5. The third-order valence-corrected chi connectivity index (χ3v) is 5.24. The summed E-state index contributed by atoms with van der Waals surface area (Å²) in [5.74, 6) is -0.534. The molecule has 6 nitrogen and oxygen atoms in total. The van der Waals surface area contributed by atoms with Gasteiger partial charge in [-0.15, -0.1) is 0 Å². The largest absolute Gasteiger partial charge is 0.490 e. The van der Waals surface area contributed by atoms with Crippen LogP contribution in [0.1, 0.15) is 35.3 Å². The summed E-state index contributed by atoms with van der Waals surface area (Å²) in [6.45, 7) is 4.22. The summed E-state index contributed by atoms with van der Waals surface area (Å²) < 4.78 is 44.0. The molecule has 0 saturated heterocycles. The van der Waals surface area contributed by atoms with Crippen LogP contribution in [-0.2, 0) is 17.4 Å². The SMILES string of the molecule is C[C@H]1COc2c(NC(=O)Cc3ccc(C(F)(F)F)cc3)cccc2C(=O)N([C@@H](C)CO)C1. The van der Waals surface area contributed by atoms with E-state index in [9.17, 15) is 27.9 Å². The molecule has 1 aliphatic rings. The fraction of sp³-hybridized carbons (Fsp3) is 0.391. The summed E-state index contributed by atoms with van der Waals surface area (Å²) in [6, 6.07) is 8.80. The lowest BCUT2D eigenvalue weighted by molar-refractivity contribution is -0.137. The van der Waals surface area contributed by atoms with Gasteiger partial charge in [0.2, 0.25) is 5.91 Å². The molecule has 32 heavy (non-hydrogen) atoms. The molecule has 0 saturated carbocycles. The maximum Gasteiger partial charge on any atom is 0.416 e. The van der Waals surface area contributed by atoms with Gasteiger partial charge in [0.25, 0.3) is 5.91 Å². The van der Waals surface area contributed by atoms with E-state index in [0.29, 0.717) is 24.4 Å². The molecular formula is C23H25F3N2O4. The van der Waals surface area contributed by atoms with Crippen LogP contribution in [0, 0.1) is 5.92 Å². The van der Waals surface area contributed by atoms with E-state index < -0.39 is 17.6 Å². The van der Waals surface area contributed by atoms with Crippen molar-refractivity contribution in [1.82, 2.24) is 4.90 Å². The van der Waals surface area contributed by atoms with Crippen LogP contribution in [0.15, 0.2) is 42.5 Å². The molecule has 2 aromatic carbocycles. The maximum absolute atomic E-state index is 13.1. The van der Waals surface area contributed by atoms with E-state index in [-0.39, 0.29) is 42.2 Å². The molecular weight excluding hydrogens is 425 g/mol. The average Bonchev–Trinajstić information content (AvgIpc) is 2.74. The Hall–Kier alpha value is -3.07. The predicted octanol–water partition coefficient (Wildman–Crippen LogP) is 3.74. The molecule has 1 heterocycles. The fourth-order valence-electron chi connectivity index (χ4n) is 3.48. The number of halogens is 3. The van der Waals surface area contributed by atoms with Crippen LogP contribution in [0.2, 0.25) is 0 Å². The van der Waals surface area contributed by atoms with Crippen LogP contribution in [-0.4, -0.2) is 47.6 Å². The van der Waals surface area contributed by atoms with Gasteiger partial charge in [-0.1, -0.05) is 25.1 Å². The Morgan fingerprint density at radius 2 is 1.94 bits per heavy atom. The molecule has 0 spiro atoms. The summed E-state index contributed by atoms with van der Waals surface area (Å²) in [5, 5.41) is 12.2. The van der Waals surface area contributed by atoms with E-state index >= 15 is 0 Å². The molecule has 9 heteroatoms. The molecule has 2 N–H and O–H groups in total. The Balaban J connectivity index is 1.81. The van der Waals surface area contributed by atoms with Crippen molar-refractivity contribution in [3.05, 3.63) is 59.2 Å². The van der Waals surface area contributed by atoms with Gasteiger partial charge in [-0.2, -0.15) is 13.2 Å². The van der Waals surface area contributed by atoms with E-state index in [1.165, 1.54) is 12.1 Å². The van der Waals surface area contributed by atoms with Crippen molar-refractivity contribution in [3.63, 3.8) is 0 Å². The molecule has 0 radical (unpaired) electrons. The second-order valence-electron chi connectivity index (χ2n) is 8.01. The zero-order valence-electron chi connectivity index (χ0n) is 17.8. The van der Waals surface area contributed by atoms with Crippen molar-refractivity contribution in [3.8, 4) is 5.75 Å². The maximum atomic E-state index is 13.1. The van der Waals surface area contributed by atoms with Crippen LogP contribution < -0.4 is 10.1 Å². The molecule has 1 aliphatic heterocycles. The predicted molar refractivity (Wildman–Crippen MR) is 112 cm³/mol. The van der Waals surface area contributed by atoms with E-state index in [1.54, 1.807) is 30.0 Å². The van der Waals surface area contributed by atoms with Crippen molar-refractivity contribution in [2.24, 2.45) is 5.92 Å². The molecule has 2 amide bonds. The van der Waals surface area contributed by atoms with Gasteiger partial charge in [0.05, 0.1) is 42.5 Å². The molecule has 0 fully saturated rings. The Bertz CT molecular complexity index is 976. The van der Waals surface area contributed by atoms with Crippen molar-refractivity contribution in [2.75, 3.05) is 25.1 Å². The normalized spacial score (nSPS) is 17.6. The number of nitrogens with one attached hydrogen (secondary N) is 1. The van der Waals surface area contributed by atoms with Gasteiger partial charge in [0.1, 0.15) is 0 Å². The minimum absolute atomic E-state index is 0.00277. The van der Waals surface area contributed by atoms with Crippen molar-refractivity contribution >= 4 is 17.5 Å². The van der Waals surface area contributed by atoms with Gasteiger partial charge in [-0.05, 0) is 36.8 Å². The quantitative estimate of drug-likeness (QED) is 0.728. The van der Waals surface area contributed by atoms with Crippen LogP contribution in [0.25, 0.3) is 0 Å². The molecule has 0 bridgehead atoms. The number of alkyl halides is 3. The number of fused-ring (bicyclic) bond motifs is 1. The first kappa shape index (κ1) is 23.6. The van der Waals surface area contributed by atoms with Gasteiger partial charge < -0.3 is 20.1 Å². The standard InChI is InChI=1S/C23H25F3N2O4/c1-14-11-28(15(2)12-29)22(31)18-4-3-5-19(21(18)32-13-14)27-20(30)10-16-6-8-17(9-7-16)23(24,25)26/h3-9,14-15,29H,10-13H2,1-2H3,(H,27,30)/t14-,15+/m1/s1. The molecule has 0 unspecified atom stereocenters. The van der Waals surface area contributed by atoms with Crippen molar-refractivity contribution in [2.45, 2.75) is 32.5 Å². The Kier molecular flexibility index (Phi) is 7.08. The topological polar surface area (TPSA) is 78.9 Å². The van der Waals surface area contributed by atoms with E-state index in [2.05, 4.69) is 5.32 Å². The molecule has 172 valence electrons. The van der Waals surface area contributed by atoms with Gasteiger partial charge >= 0.3 is 6.18 Å². The first-order valence-corrected chi connectivity index (χ1v) is 10.2. The Morgan fingerprint density at radius 3 is 2.56 bits per heavy atom. The summed E-state index contributed by atoms with van der Waals surface area (Å²) in [7, 11) is 0. The van der Waals surface area contributed by atoms with Gasteiger partial charge in [-0.3, -0.25) is 9.59 Å². The van der Waals surface area contributed by atoms with Crippen molar-refractivity contribution < 1.29 is 32.6 Å². The number of aliphatic hydroxyl groups is 1. The van der Waals surface area contributed by atoms with Gasteiger partial charge in [0.15, 0.2) is 5.75 Å². The summed E-state index contributed by atoms with van der Waals surface area (Å²) in [4.78, 5) is 27.2. The number of nitrogens with zero attached hydrogens (tertiary/aromatic N) is 1. The molecule has 0 aromatic heterocycles. The lowest BCUT2D eigenvalue weighted by atomic mass is 10.0. The minimum Gasteiger partial charge on any atom is -0.490 e. The second-order valence-corrected chi connectivity index (χ2v) is 8.01. The lowest BCUT2D eigenvalue weighted by Crippen LogP contribution is -2.45. The fourth-order valence-corrected chi connectivity index (χ4v) is 3.48. The number of amides is 2. The third-order valence-electron chi connectivity index (χ3n) is 5.24. The number of carbonyl (C=O) groups excluding carboxylic acids is 2. The second kappa shape index (κ2) is 9.60. The van der Waals surface area contributed by atoms with E-state index in [0.717, 1.165) is 12.1 Å². The monoisotopic (exact) mass is 450 g/mol. The summed E-state index contributed by atoms with van der Waals surface area (Å²) in [5.41, 5.74) is 0.208. The first-order chi connectivity index (χ1) is 15.1. The lowest BCUT2D eigenvalue weighted by Gasteiger charge is -2.33. The highest BCUT2D eigenvalue weighted by Crippen LogP contribution is 2.33. The number of para-hydroxylation sites is 1. The number of carbonyl (C=O) groups is 2. The highest BCUT2D eigenvalue weighted by atomic mass is 19.4. The van der Waals surface area contributed by atoms with Crippen LogP contribution in [0.5, 0.6) is 5.75 Å².